The van der Waals surface area contributed by atoms with Crippen LogP contribution in [0.5, 0.6) is 11.5 Å². The number of rotatable bonds is 6. The van der Waals surface area contributed by atoms with Crippen LogP contribution in [0, 0.1) is 0 Å². The standard InChI is InChI=1S/C20H26ClNO2/c1-14(13-22-16-8-11-19(23-5)18(21)12-16)24-17-9-6-15(7-10-17)20(2,3)4/h6-12,14,22H,13H2,1-5H3. The van der Waals surface area contributed by atoms with Crippen molar-refractivity contribution in [1.29, 1.82) is 0 Å². The molecule has 0 spiro atoms. The molecule has 2 aromatic carbocycles. The zero-order valence-electron chi connectivity index (χ0n) is 15.0. The third-order valence-electron chi connectivity index (χ3n) is 3.80. The van der Waals surface area contributed by atoms with Gasteiger partial charge in [0.1, 0.15) is 17.6 Å². The van der Waals surface area contributed by atoms with E-state index < -0.39 is 0 Å². The Bertz CT molecular complexity index is 662. The van der Waals surface area contributed by atoms with Gasteiger partial charge in [0.05, 0.1) is 18.7 Å². The highest BCUT2D eigenvalue weighted by Crippen LogP contribution is 2.27. The molecule has 2 rings (SSSR count). The van der Waals surface area contributed by atoms with Gasteiger partial charge in [-0.3, -0.25) is 0 Å². The van der Waals surface area contributed by atoms with Crippen LogP contribution in [0.4, 0.5) is 5.69 Å². The van der Waals surface area contributed by atoms with Gasteiger partial charge < -0.3 is 14.8 Å². The van der Waals surface area contributed by atoms with Gasteiger partial charge in [-0.15, -0.1) is 0 Å². The van der Waals surface area contributed by atoms with Crippen molar-refractivity contribution in [1.82, 2.24) is 0 Å². The Morgan fingerprint density at radius 1 is 1.08 bits per heavy atom. The molecule has 0 aliphatic heterocycles. The molecule has 0 aliphatic carbocycles. The van der Waals surface area contributed by atoms with Crippen molar-refractivity contribution >= 4 is 17.3 Å². The molecule has 0 amide bonds. The molecule has 130 valence electrons. The van der Waals surface area contributed by atoms with Crippen LogP contribution in [-0.4, -0.2) is 19.8 Å². The average Bonchev–Trinajstić information content (AvgIpc) is 2.53. The molecule has 0 radical (unpaired) electrons. The van der Waals surface area contributed by atoms with E-state index in [1.807, 2.05) is 37.3 Å². The number of hydrogen-bond donors (Lipinski definition) is 1. The summed E-state index contributed by atoms with van der Waals surface area (Å²) in [5.74, 6) is 1.55. The summed E-state index contributed by atoms with van der Waals surface area (Å²) in [6.07, 6.45) is 0.0337. The fraction of sp³-hybridized carbons (Fsp3) is 0.400. The first-order valence-electron chi connectivity index (χ1n) is 8.14. The van der Waals surface area contributed by atoms with Crippen molar-refractivity contribution in [3.8, 4) is 11.5 Å². The monoisotopic (exact) mass is 347 g/mol. The summed E-state index contributed by atoms with van der Waals surface area (Å²) in [6, 6.07) is 13.9. The predicted molar refractivity (Wildman–Crippen MR) is 102 cm³/mol. The van der Waals surface area contributed by atoms with Crippen LogP contribution in [0.2, 0.25) is 5.02 Å². The zero-order valence-corrected chi connectivity index (χ0v) is 15.8. The number of hydrogen-bond acceptors (Lipinski definition) is 3. The van der Waals surface area contributed by atoms with Crippen LogP contribution in [0.1, 0.15) is 33.3 Å². The molecule has 1 atom stereocenters. The Morgan fingerprint density at radius 2 is 1.75 bits per heavy atom. The van der Waals surface area contributed by atoms with Crippen LogP contribution >= 0.6 is 11.6 Å². The second-order valence-electron chi connectivity index (χ2n) is 6.93. The van der Waals surface area contributed by atoms with Gasteiger partial charge in [-0.2, -0.15) is 0 Å². The number of benzene rings is 2. The van der Waals surface area contributed by atoms with Crippen LogP contribution in [-0.2, 0) is 5.41 Å². The van der Waals surface area contributed by atoms with Crippen molar-refractivity contribution in [2.24, 2.45) is 0 Å². The fourth-order valence-corrected chi connectivity index (χ4v) is 2.60. The molecular formula is C20H26ClNO2. The van der Waals surface area contributed by atoms with Gasteiger partial charge in [-0.05, 0) is 48.2 Å². The topological polar surface area (TPSA) is 30.5 Å². The van der Waals surface area contributed by atoms with Crippen molar-refractivity contribution < 1.29 is 9.47 Å². The normalized spacial score (nSPS) is 12.6. The SMILES string of the molecule is COc1ccc(NCC(C)Oc2ccc(C(C)(C)C)cc2)cc1Cl. The Morgan fingerprint density at radius 3 is 2.29 bits per heavy atom. The van der Waals surface area contributed by atoms with E-state index in [1.165, 1.54) is 5.56 Å². The van der Waals surface area contributed by atoms with Gasteiger partial charge in [0.2, 0.25) is 0 Å². The maximum atomic E-state index is 6.13. The number of methoxy groups -OCH3 is 1. The summed E-state index contributed by atoms with van der Waals surface area (Å²) >= 11 is 6.13. The average molecular weight is 348 g/mol. The molecule has 0 saturated heterocycles. The smallest absolute Gasteiger partial charge is 0.137 e. The first kappa shape index (κ1) is 18.5. The van der Waals surface area contributed by atoms with Crippen molar-refractivity contribution in [2.75, 3.05) is 19.0 Å². The first-order valence-corrected chi connectivity index (χ1v) is 8.52. The van der Waals surface area contributed by atoms with Gasteiger partial charge in [0.15, 0.2) is 0 Å². The van der Waals surface area contributed by atoms with Gasteiger partial charge >= 0.3 is 0 Å². The number of halogens is 1. The minimum absolute atomic E-state index is 0.0337. The number of nitrogens with one attached hydrogen (secondary N) is 1. The highest BCUT2D eigenvalue weighted by Gasteiger charge is 2.13. The summed E-state index contributed by atoms with van der Waals surface area (Å²) in [7, 11) is 1.61. The third-order valence-corrected chi connectivity index (χ3v) is 4.10. The molecule has 0 aliphatic rings. The molecule has 0 aromatic heterocycles. The molecule has 0 heterocycles. The van der Waals surface area contributed by atoms with Crippen LogP contribution in [0.15, 0.2) is 42.5 Å². The van der Waals surface area contributed by atoms with Gasteiger partial charge in [-0.25, -0.2) is 0 Å². The van der Waals surface area contributed by atoms with E-state index >= 15 is 0 Å². The first-order chi connectivity index (χ1) is 11.3. The maximum absolute atomic E-state index is 6.13. The molecule has 1 N–H and O–H groups in total. The minimum atomic E-state index is 0.0337. The summed E-state index contributed by atoms with van der Waals surface area (Å²) in [6.45, 7) is 9.33. The van der Waals surface area contributed by atoms with E-state index in [1.54, 1.807) is 7.11 Å². The second-order valence-corrected chi connectivity index (χ2v) is 7.34. The lowest BCUT2D eigenvalue weighted by atomic mass is 9.87. The maximum Gasteiger partial charge on any atom is 0.137 e. The molecule has 0 saturated carbocycles. The second kappa shape index (κ2) is 7.80. The van der Waals surface area contributed by atoms with Crippen molar-refractivity contribution in [3.05, 3.63) is 53.1 Å². The van der Waals surface area contributed by atoms with Crippen molar-refractivity contribution in [2.45, 2.75) is 39.2 Å². The number of anilines is 1. The number of ether oxygens (including phenoxy) is 2. The fourth-order valence-electron chi connectivity index (χ4n) is 2.35. The Hall–Kier alpha value is -1.87. The molecule has 4 heteroatoms. The van der Waals surface area contributed by atoms with E-state index in [0.717, 1.165) is 11.4 Å². The third kappa shape index (κ3) is 5.07. The van der Waals surface area contributed by atoms with Crippen LogP contribution < -0.4 is 14.8 Å². The molecule has 24 heavy (non-hydrogen) atoms. The van der Waals surface area contributed by atoms with E-state index in [4.69, 9.17) is 21.1 Å². The molecule has 1 unspecified atom stereocenters. The highest BCUT2D eigenvalue weighted by molar-refractivity contribution is 6.32. The lowest BCUT2D eigenvalue weighted by molar-refractivity contribution is 0.234. The zero-order chi connectivity index (χ0) is 17.7. The van der Waals surface area contributed by atoms with E-state index in [-0.39, 0.29) is 11.5 Å². The lowest BCUT2D eigenvalue weighted by Gasteiger charge is -2.20. The van der Waals surface area contributed by atoms with E-state index in [9.17, 15) is 0 Å². The summed E-state index contributed by atoms with van der Waals surface area (Å²) in [4.78, 5) is 0. The summed E-state index contributed by atoms with van der Waals surface area (Å²) in [5, 5.41) is 3.92. The Labute approximate surface area is 149 Å². The van der Waals surface area contributed by atoms with Crippen LogP contribution in [0.3, 0.4) is 0 Å². The molecule has 0 fully saturated rings. The Kier molecular flexibility index (Phi) is 6.00. The molecule has 3 nitrogen and oxygen atoms in total. The van der Waals surface area contributed by atoms with Gasteiger partial charge in [0.25, 0.3) is 0 Å². The van der Waals surface area contributed by atoms with Gasteiger partial charge in [-0.1, -0.05) is 44.5 Å². The molecule has 2 aromatic rings. The Balaban J connectivity index is 1.89. The predicted octanol–water partition coefficient (Wildman–Crippen LogP) is 5.53. The van der Waals surface area contributed by atoms with Gasteiger partial charge in [0, 0.05) is 5.69 Å². The summed E-state index contributed by atoms with van der Waals surface area (Å²) < 4.78 is 11.1. The van der Waals surface area contributed by atoms with E-state index in [0.29, 0.717) is 17.3 Å². The molecule has 0 bridgehead atoms. The van der Waals surface area contributed by atoms with E-state index in [2.05, 4.69) is 38.2 Å². The van der Waals surface area contributed by atoms with Crippen LogP contribution in [0.25, 0.3) is 0 Å². The quantitative estimate of drug-likeness (QED) is 0.745. The largest absolute Gasteiger partial charge is 0.495 e. The van der Waals surface area contributed by atoms with Crippen molar-refractivity contribution in [3.63, 3.8) is 0 Å². The highest BCUT2D eigenvalue weighted by atomic mass is 35.5. The summed E-state index contributed by atoms with van der Waals surface area (Å²) in [5.41, 5.74) is 2.40. The minimum Gasteiger partial charge on any atom is -0.495 e. The molecular weight excluding hydrogens is 322 g/mol. The lowest BCUT2D eigenvalue weighted by Crippen LogP contribution is -2.22.